The van der Waals surface area contributed by atoms with Crippen LogP contribution in [0.4, 0.5) is 11.4 Å². The molecule has 0 bridgehead atoms. The Morgan fingerprint density at radius 1 is 0.921 bits per heavy atom. The number of nitrogen functional groups attached to an aromatic ring is 1. The fourth-order valence-electron chi connectivity index (χ4n) is 5.05. The number of amides is 1. The number of nitrogens with two attached hydrogens (primary N) is 1. The minimum atomic E-state index is -0.0793. The third-order valence-corrected chi connectivity index (χ3v) is 8.12. The molecule has 0 saturated heterocycles. The molecule has 7 heteroatoms. The number of rotatable bonds is 5. The van der Waals surface area contributed by atoms with Crippen molar-refractivity contribution >= 4 is 38.8 Å². The van der Waals surface area contributed by atoms with E-state index in [2.05, 4.69) is 6.07 Å². The van der Waals surface area contributed by atoms with Gasteiger partial charge in [0.15, 0.2) is 0 Å². The van der Waals surface area contributed by atoms with Crippen LogP contribution in [-0.2, 0) is 6.42 Å². The van der Waals surface area contributed by atoms with Crippen LogP contribution in [0.5, 0.6) is 11.5 Å². The second-order valence-corrected chi connectivity index (χ2v) is 10.2. The molecule has 0 fully saturated rings. The Bertz CT molecular complexity index is 1640. The summed E-state index contributed by atoms with van der Waals surface area (Å²) in [4.78, 5) is 22.0. The van der Waals surface area contributed by atoms with E-state index in [1.54, 1.807) is 14.2 Å². The number of carbonyl (C=O) groups is 1. The molecular formula is C31H27N3O3S. The van der Waals surface area contributed by atoms with Crippen LogP contribution in [0.25, 0.3) is 32.6 Å². The van der Waals surface area contributed by atoms with Crippen LogP contribution in [0.3, 0.4) is 0 Å². The summed E-state index contributed by atoms with van der Waals surface area (Å²) in [5.41, 5.74) is 13.0. The summed E-state index contributed by atoms with van der Waals surface area (Å²) in [5.74, 6) is 1.47. The average molecular weight is 522 g/mol. The summed E-state index contributed by atoms with van der Waals surface area (Å²) in [6.45, 7) is 0.666. The molecule has 0 unspecified atom stereocenters. The number of ether oxygens (including phenoxy) is 2. The summed E-state index contributed by atoms with van der Waals surface area (Å²) >= 11 is 1.36. The van der Waals surface area contributed by atoms with Gasteiger partial charge in [-0.05, 0) is 78.1 Å². The van der Waals surface area contributed by atoms with E-state index in [4.69, 9.17) is 20.2 Å². The fourth-order valence-corrected chi connectivity index (χ4v) is 6.12. The Morgan fingerprint density at radius 3 is 2.26 bits per heavy atom. The summed E-state index contributed by atoms with van der Waals surface area (Å²) < 4.78 is 10.7. The predicted octanol–water partition coefficient (Wildman–Crippen LogP) is 6.82. The lowest BCUT2D eigenvalue weighted by atomic mass is 9.99. The van der Waals surface area contributed by atoms with Crippen LogP contribution in [0, 0.1) is 0 Å². The van der Waals surface area contributed by atoms with E-state index in [0.29, 0.717) is 17.1 Å². The van der Waals surface area contributed by atoms with Crippen molar-refractivity contribution in [1.29, 1.82) is 0 Å². The van der Waals surface area contributed by atoms with E-state index in [1.165, 1.54) is 16.9 Å². The summed E-state index contributed by atoms with van der Waals surface area (Å²) in [7, 11) is 3.30. The van der Waals surface area contributed by atoms with Gasteiger partial charge in [-0.1, -0.05) is 30.3 Å². The number of benzene rings is 3. The Kier molecular flexibility index (Phi) is 6.21. The van der Waals surface area contributed by atoms with Gasteiger partial charge in [0.2, 0.25) is 0 Å². The summed E-state index contributed by atoms with van der Waals surface area (Å²) in [6, 6.07) is 25.8. The molecule has 2 aromatic heterocycles. The van der Waals surface area contributed by atoms with E-state index in [9.17, 15) is 4.79 Å². The lowest BCUT2D eigenvalue weighted by Crippen LogP contribution is -2.35. The van der Waals surface area contributed by atoms with Crippen LogP contribution in [0.1, 0.15) is 21.7 Å². The smallest absolute Gasteiger partial charge is 0.270 e. The first kappa shape index (κ1) is 24.0. The molecule has 0 saturated carbocycles. The number of aromatic nitrogens is 1. The maximum absolute atomic E-state index is 13.9. The highest BCUT2D eigenvalue weighted by molar-refractivity contribution is 7.21. The highest BCUT2D eigenvalue weighted by atomic mass is 32.1. The van der Waals surface area contributed by atoms with Crippen LogP contribution in [-0.4, -0.2) is 31.7 Å². The van der Waals surface area contributed by atoms with Gasteiger partial charge in [0.05, 0.1) is 25.6 Å². The first-order valence-corrected chi connectivity index (χ1v) is 13.3. The zero-order valence-electron chi connectivity index (χ0n) is 21.2. The van der Waals surface area contributed by atoms with E-state index in [0.717, 1.165) is 62.6 Å². The second-order valence-electron chi connectivity index (χ2n) is 9.23. The molecular weight excluding hydrogens is 494 g/mol. The maximum Gasteiger partial charge on any atom is 0.270 e. The number of fused-ring (bicyclic) bond motifs is 2. The van der Waals surface area contributed by atoms with Crippen molar-refractivity contribution in [3.05, 3.63) is 89.3 Å². The van der Waals surface area contributed by atoms with Gasteiger partial charge < -0.3 is 20.1 Å². The third kappa shape index (κ3) is 4.15. The number of carbonyl (C=O) groups excluding carboxylic acids is 1. The zero-order chi connectivity index (χ0) is 26.2. The molecule has 1 amide bonds. The van der Waals surface area contributed by atoms with Crippen molar-refractivity contribution in [1.82, 2.24) is 4.98 Å². The number of para-hydroxylation sites is 1. The second kappa shape index (κ2) is 9.84. The van der Waals surface area contributed by atoms with E-state index in [-0.39, 0.29) is 5.91 Å². The van der Waals surface area contributed by atoms with Crippen LogP contribution >= 0.6 is 11.3 Å². The van der Waals surface area contributed by atoms with Crippen molar-refractivity contribution in [2.24, 2.45) is 0 Å². The SMILES string of the molecule is COc1ccc(-c2cc(-c3ccc(OC)cc3)c3c(N)c(C(=O)N4CCCc5ccccc54)sc3n2)cc1. The molecule has 190 valence electrons. The topological polar surface area (TPSA) is 77.7 Å². The molecule has 5 aromatic rings. The Balaban J connectivity index is 1.52. The minimum Gasteiger partial charge on any atom is -0.497 e. The average Bonchev–Trinajstić information content (AvgIpc) is 3.32. The lowest BCUT2D eigenvalue weighted by molar-refractivity contribution is 0.0990. The van der Waals surface area contributed by atoms with Crippen molar-refractivity contribution in [3.63, 3.8) is 0 Å². The number of methoxy groups -OCH3 is 2. The molecule has 0 radical (unpaired) electrons. The summed E-state index contributed by atoms with van der Waals surface area (Å²) in [5, 5.41) is 0.797. The number of hydrogen-bond acceptors (Lipinski definition) is 6. The number of nitrogens with zero attached hydrogens (tertiary/aromatic N) is 2. The van der Waals surface area contributed by atoms with Crippen LogP contribution in [0.2, 0.25) is 0 Å². The largest absolute Gasteiger partial charge is 0.497 e. The van der Waals surface area contributed by atoms with Gasteiger partial charge in [0.1, 0.15) is 21.2 Å². The van der Waals surface area contributed by atoms with E-state index < -0.39 is 0 Å². The van der Waals surface area contributed by atoms with Gasteiger partial charge in [0.25, 0.3) is 5.91 Å². The Labute approximate surface area is 225 Å². The Hall–Kier alpha value is -4.36. The quantitative estimate of drug-likeness (QED) is 0.275. The van der Waals surface area contributed by atoms with Crippen LogP contribution in [0.15, 0.2) is 78.9 Å². The van der Waals surface area contributed by atoms with Gasteiger partial charge in [-0.3, -0.25) is 4.79 Å². The molecule has 3 heterocycles. The molecule has 6 nitrogen and oxygen atoms in total. The third-order valence-electron chi connectivity index (χ3n) is 7.04. The van der Waals surface area contributed by atoms with Crippen molar-refractivity contribution in [2.75, 3.05) is 31.4 Å². The molecule has 2 N–H and O–H groups in total. The van der Waals surface area contributed by atoms with Gasteiger partial charge >= 0.3 is 0 Å². The summed E-state index contributed by atoms with van der Waals surface area (Å²) in [6.07, 6.45) is 1.89. The van der Waals surface area contributed by atoms with Crippen LogP contribution < -0.4 is 20.1 Å². The molecule has 6 rings (SSSR count). The van der Waals surface area contributed by atoms with E-state index >= 15 is 0 Å². The van der Waals surface area contributed by atoms with Crippen molar-refractivity contribution in [2.45, 2.75) is 12.8 Å². The number of hydrogen-bond donors (Lipinski definition) is 1. The first-order valence-electron chi connectivity index (χ1n) is 12.5. The maximum atomic E-state index is 13.9. The molecule has 38 heavy (non-hydrogen) atoms. The van der Waals surface area contributed by atoms with Gasteiger partial charge in [0, 0.05) is 23.2 Å². The number of aryl methyl sites for hydroxylation is 1. The van der Waals surface area contributed by atoms with Gasteiger partial charge in [-0.15, -0.1) is 11.3 Å². The molecule has 1 aliphatic rings. The molecule has 3 aromatic carbocycles. The van der Waals surface area contributed by atoms with Crippen molar-refractivity contribution in [3.8, 4) is 33.9 Å². The van der Waals surface area contributed by atoms with Gasteiger partial charge in [-0.2, -0.15) is 0 Å². The first-order chi connectivity index (χ1) is 18.6. The monoisotopic (exact) mass is 521 g/mol. The highest BCUT2D eigenvalue weighted by Crippen LogP contribution is 2.43. The predicted molar refractivity (Wildman–Crippen MR) is 154 cm³/mol. The van der Waals surface area contributed by atoms with Gasteiger partial charge in [-0.25, -0.2) is 4.98 Å². The lowest BCUT2D eigenvalue weighted by Gasteiger charge is -2.29. The van der Waals surface area contributed by atoms with E-state index in [1.807, 2.05) is 77.7 Å². The number of pyridine rings is 1. The normalized spacial score (nSPS) is 12.8. The number of thiophene rings is 1. The molecule has 0 spiro atoms. The number of anilines is 2. The standard InChI is InChI=1S/C31H27N3O3S/c1-36-22-13-9-19(10-14-22)24-18-25(20-11-15-23(37-2)16-12-20)33-30-27(24)28(32)29(38-30)31(35)34-17-5-7-21-6-3-4-8-26(21)34/h3-4,6,8-16,18H,5,7,17,32H2,1-2H3. The molecule has 0 atom stereocenters. The molecule has 0 aliphatic carbocycles. The fraction of sp³-hybridized carbons (Fsp3) is 0.161. The van der Waals surface area contributed by atoms with Crippen molar-refractivity contribution < 1.29 is 14.3 Å². The highest BCUT2D eigenvalue weighted by Gasteiger charge is 2.28. The Morgan fingerprint density at radius 2 is 1.58 bits per heavy atom. The molecule has 1 aliphatic heterocycles. The minimum absolute atomic E-state index is 0.0793. The zero-order valence-corrected chi connectivity index (χ0v) is 22.0.